The lowest BCUT2D eigenvalue weighted by Crippen LogP contribution is -3.14. The fourth-order valence-corrected chi connectivity index (χ4v) is 2.71. The van der Waals surface area contributed by atoms with E-state index in [4.69, 9.17) is 16.3 Å². The van der Waals surface area contributed by atoms with Gasteiger partial charge in [-0.3, -0.25) is 4.79 Å². The van der Waals surface area contributed by atoms with Crippen LogP contribution in [0.3, 0.4) is 0 Å². The van der Waals surface area contributed by atoms with Crippen LogP contribution in [0, 0.1) is 0 Å². The zero-order valence-corrected chi connectivity index (χ0v) is 13.5. The number of nitrogens with zero attached hydrogens (tertiary/aromatic N) is 1. The number of nitrogens with one attached hydrogen (secondary N) is 1. The summed E-state index contributed by atoms with van der Waals surface area (Å²) in [6, 6.07) is 7.16. The van der Waals surface area contributed by atoms with Crippen molar-refractivity contribution in [3.8, 4) is 5.75 Å². The second-order valence-corrected chi connectivity index (χ2v) is 5.83. The predicted octanol–water partition coefficient (Wildman–Crippen LogP) is 1.24. The lowest BCUT2D eigenvalue weighted by Gasteiger charge is -2.33. The number of carbonyl (C=O) groups excluding carboxylic acids is 1. The zero-order chi connectivity index (χ0) is 15.2. The van der Waals surface area contributed by atoms with Gasteiger partial charge in [-0.2, -0.15) is 0 Å². The Morgan fingerprint density at radius 3 is 2.43 bits per heavy atom. The Kier molecular flexibility index (Phi) is 5.88. The summed E-state index contributed by atoms with van der Waals surface area (Å²) in [5.41, 5.74) is 0. The van der Waals surface area contributed by atoms with Crippen molar-refractivity contribution in [2.24, 2.45) is 0 Å². The van der Waals surface area contributed by atoms with Gasteiger partial charge in [0.25, 0.3) is 5.91 Å². The van der Waals surface area contributed by atoms with E-state index in [1.165, 1.54) is 0 Å². The number of amides is 1. The number of hydrogen-bond acceptors (Lipinski definition) is 2. The second kappa shape index (κ2) is 7.66. The van der Waals surface area contributed by atoms with Gasteiger partial charge in [0.15, 0.2) is 6.10 Å². The standard InChI is InChI=1S/C16H23ClN2O2/c1-3-15(21-14-7-5-13(17)6-8-14)16(20)19-11-9-18(4-2)10-12-19/h5-8,15H,3-4,9-12H2,1-2H3/p+1/t15-/m1/s1. The Bertz CT molecular complexity index is 456. The molecular formula is C16H24ClN2O2+. The van der Waals surface area contributed by atoms with Gasteiger partial charge in [-0.15, -0.1) is 0 Å². The second-order valence-electron chi connectivity index (χ2n) is 5.40. The van der Waals surface area contributed by atoms with Gasteiger partial charge in [0.2, 0.25) is 0 Å². The van der Waals surface area contributed by atoms with Crippen molar-refractivity contribution in [3.05, 3.63) is 29.3 Å². The topological polar surface area (TPSA) is 34.0 Å². The van der Waals surface area contributed by atoms with E-state index in [0.717, 1.165) is 32.7 Å². The maximum Gasteiger partial charge on any atom is 0.264 e. The molecule has 0 radical (unpaired) electrons. The van der Waals surface area contributed by atoms with Crippen LogP contribution in [-0.4, -0.2) is 49.6 Å². The lowest BCUT2D eigenvalue weighted by molar-refractivity contribution is -0.902. The van der Waals surface area contributed by atoms with E-state index >= 15 is 0 Å². The first kappa shape index (κ1) is 16.1. The summed E-state index contributed by atoms with van der Waals surface area (Å²) in [6.45, 7) is 8.99. The lowest BCUT2D eigenvalue weighted by atomic mass is 10.2. The molecule has 0 aliphatic carbocycles. The van der Waals surface area contributed by atoms with Crippen molar-refractivity contribution >= 4 is 17.5 Å². The Morgan fingerprint density at radius 2 is 1.90 bits per heavy atom. The first-order valence-corrected chi connectivity index (χ1v) is 8.06. The molecule has 1 atom stereocenters. The van der Waals surface area contributed by atoms with Crippen LogP contribution >= 0.6 is 11.6 Å². The van der Waals surface area contributed by atoms with Crippen LogP contribution in [0.5, 0.6) is 5.75 Å². The average Bonchev–Trinajstić information content (AvgIpc) is 2.54. The summed E-state index contributed by atoms with van der Waals surface area (Å²) in [5.74, 6) is 0.792. The molecule has 0 bridgehead atoms. The van der Waals surface area contributed by atoms with Gasteiger partial charge in [-0.25, -0.2) is 0 Å². The van der Waals surface area contributed by atoms with E-state index in [0.29, 0.717) is 17.2 Å². The number of likely N-dealkylation sites (N-methyl/N-ethyl adjacent to an activating group) is 1. The maximum atomic E-state index is 12.6. The summed E-state index contributed by atoms with van der Waals surface area (Å²) < 4.78 is 5.83. The molecule has 116 valence electrons. The molecule has 0 unspecified atom stereocenters. The highest BCUT2D eigenvalue weighted by molar-refractivity contribution is 6.30. The highest BCUT2D eigenvalue weighted by atomic mass is 35.5. The van der Waals surface area contributed by atoms with Crippen molar-refractivity contribution in [3.63, 3.8) is 0 Å². The van der Waals surface area contributed by atoms with Crippen molar-refractivity contribution in [1.29, 1.82) is 0 Å². The number of piperazine rings is 1. The fourth-order valence-electron chi connectivity index (χ4n) is 2.59. The molecule has 0 aromatic heterocycles. The molecule has 1 fully saturated rings. The molecule has 5 heteroatoms. The average molecular weight is 312 g/mol. The molecule has 2 rings (SSSR count). The van der Waals surface area contributed by atoms with Crippen LogP contribution < -0.4 is 9.64 Å². The first-order valence-electron chi connectivity index (χ1n) is 7.68. The predicted molar refractivity (Wildman–Crippen MR) is 84.0 cm³/mol. The molecule has 1 aromatic carbocycles. The molecule has 1 N–H and O–H groups in total. The monoisotopic (exact) mass is 311 g/mol. The van der Waals surface area contributed by atoms with Crippen LogP contribution in [0.4, 0.5) is 0 Å². The highest BCUT2D eigenvalue weighted by Gasteiger charge is 2.28. The van der Waals surface area contributed by atoms with Gasteiger partial charge in [0, 0.05) is 5.02 Å². The third-order valence-corrected chi connectivity index (χ3v) is 4.27. The number of carbonyl (C=O) groups is 1. The van der Waals surface area contributed by atoms with Crippen molar-refractivity contribution in [1.82, 2.24) is 4.90 Å². The molecule has 1 amide bonds. The minimum atomic E-state index is -0.408. The number of hydrogen-bond donors (Lipinski definition) is 1. The smallest absolute Gasteiger partial charge is 0.264 e. The van der Waals surface area contributed by atoms with Crippen molar-refractivity contribution < 1.29 is 14.4 Å². The Morgan fingerprint density at radius 1 is 1.29 bits per heavy atom. The Hall–Kier alpha value is -1.26. The van der Waals surface area contributed by atoms with Gasteiger partial charge < -0.3 is 14.5 Å². The molecule has 1 heterocycles. The van der Waals surface area contributed by atoms with E-state index < -0.39 is 6.10 Å². The molecule has 4 nitrogen and oxygen atoms in total. The molecule has 1 aliphatic heterocycles. The highest BCUT2D eigenvalue weighted by Crippen LogP contribution is 2.18. The summed E-state index contributed by atoms with van der Waals surface area (Å²) in [5, 5.41) is 0.667. The third kappa shape index (κ3) is 4.35. The number of ether oxygens (including phenoxy) is 1. The SMILES string of the molecule is CC[C@@H](Oc1ccc(Cl)cc1)C(=O)N1CC[NH+](CC)CC1. The summed E-state index contributed by atoms with van der Waals surface area (Å²) in [6.07, 6.45) is 0.261. The summed E-state index contributed by atoms with van der Waals surface area (Å²) in [4.78, 5) is 16.1. The van der Waals surface area contributed by atoms with Gasteiger partial charge >= 0.3 is 0 Å². The van der Waals surface area contributed by atoms with Gasteiger partial charge in [-0.1, -0.05) is 18.5 Å². The van der Waals surface area contributed by atoms with Gasteiger partial charge in [0.05, 0.1) is 32.7 Å². The number of quaternary nitrogens is 1. The first-order chi connectivity index (χ1) is 10.1. The molecular weight excluding hydrogens is 288 g/mol. The van der Waals surface area contributed by atoms with E-state index in [1.807, 2.05) is 11.8 Å². The quantitative estimate of drug-likeness (QED) is 0.888. The fraction of sp³-hybridized carbons (Fsp3) is 0.562. The van der Waals surface area contributed by atoms with E-state index in [1.54, 1.807) is 29.2 Å². The summed E-state index contributed by atoms with van der Waals surface area (Å²) in [7, 11) is 0. The minimum absolute atomic E-state index is 0.0996. The zero-order valence-electron chi connectivity index (χ0n) is 12.8. The Balaban J connectivity index is 1.94. The molecule has 1 aliphatic rings. The van der Waals surface area contributed by atoms with E-state index in [-0.39, 0.29) is 5.91 Å². The number of halogens is 1. The number of rotatable bonds is 5. The maximum absolute atomic E-state index is 12.6. The number of benzene rings is 1. The van der Waals surface area contributed by atoms with Crippen LogP contribution in [0.2, 0.25) is 5.02 Å². The Labute approximate surface area is 131 Å². The minimum Gasteiger partial charge on any atom is -0.481 e. The third-order valence-electron chi connectivity index (χ3n) is 4.02. The molecule has 1 saturated heterocycles. The van der Waals surface area contributed by atoms with E-state index in [2.05, 4.69) is 6.92 Å². The molecule has 0 spiro atoms. The molecule has 1 aromatic rings. The van der Waals surface area contributed by atoms with Crippen LogP contribution in [-0.2, 0) is 4.79 Å². The molecule has 21 heavy (non-hydrogen) atoms. The summed E-state index contributed by atoms with van der Waals surface area (Å²) >= 11 is 5.86. The van der Waals surface area contributed by atoms with E-state index in [9.17, 15) is 4.79 Å². The van der Waals surface area contributed by atoms with Gasteiger partial charge in [0.1, 0.15) is 5.75 Å². The van der Waals surface area contributed by atoms with Crippen LogP contribution in [0.1, 0.15) is 20.3 Å². The largest absolute Gasteiger partial charge is 0.481 e. The van der Waals surface area contributed by atoms with Crippen molar-refractivity contribution in [2.45, 2.75) is 26.4 Å². The normalized spacial score (nSPS) is 17.6. The van der Waals surface area contributed by atoms with Crippen molar-refractivity contribution in [2.75, 3.05) is 32.7 Å². The van der Waals surface area contributed by atoms with Gasteiger partial charge in [-0.05, 0) is 37.6 Å². The van der Waals surface area contributed by atoms with Crippen LogP contribution in [0.15, 0.2) is 24.3 Å². The molecule has 0 saturated carbocycles. The van der Waals surface area contributed by atoms with Crippen LogP contribution in [0.25, 0.3) is 0 Å².